The van der Waals surface area contributed by atoms with Gasteiger partial charge in [-0.3, -0.25) is 9.78 Å². The van der Waals surface area contributed by atoms with Crippen LogP contribution in [-0.4, -0.2) is 30.9 Å². The normalized spacial score (nSPS) is 10.2. The minimum Gasteiger partial charge on any atom is -0.466 e. The van der Waals surface area contributed by atoms with Crippen LogP contribution in [0, 0.1) is 5.41 Å². The van der Waals surface area contributed by atoms with Gasteiger partial charge >= 0.3 is 5.97 Å². The summed E-state index contributed by atoms with van der Waals surface area (Å²) in [5, 5.41) is 2.98. The molecule has 1 heterocycles. The lowest BCUT2D eigenvalue weighted by Crippen LogP contribution is -2.10. The molecule has 0 aliphatic heterocycles. The number of rotatable bonds is 4. The minimum atomic E-state index is -0.235. The number of anilines is 1. The van der Waals surface area contributed by atoms with E-state index in [2.05, 4.69) is 26.2 Å². The zero-order chi connectivity index (χ0) is 16.5. The third kappa shape index (κ3) is 8.45. The third-order valence-corrected chi connectivity index (χ3v) is 2.94. The zero-order valence-corrected chi connectivity index (χ0v) is 14.8. The lowest BCUT2D eigenvalue weighted by Gasteiger charge is -2.09. The first-order valence-corrected chi connectivity index (χ1v) is 7.46. The van der Waals surface area contributed by atoms with Crippen LogP contribution in [-0.2, 0) is 20.7 Å². The van der Waals surface area contributed by atoms with Crippen LogP contribution in [0.4, 0.5) is 5.69 Å². The number of carbonyl (C=O) groups is 2. The van der Waals surface area contributed by atoms with Crippen LogP contribution in [0.3, 0.4) is 0 Å². The predicted octanol–water partition coefficient (Wildman–Crippen LogP) is 3.22. The van der Waals surface area contributed by atoms with E-state index < -0.39 is 0 Å². The average molecular weight is 359 g/mol. The van der Waals surface area contributed by atoms with Gasteiger partial charge < -0.3 is 14.8 Å². The molecule has 0 radical (unpaired) electrons. The molecule has 0 atom stereocenters. The molecule has 1 aromatic heterocycles. The summed E-state index contributed by atoms with van der Waals surface area (Å²) in [4.78, 5) is 25.2. The quantitative estimate of drug-likeness (QED) is 0.660. The highest BCUT2D eigenvalue weighted by Gasteiger charge is 2.11. The molecule has 21 heavy (non-hydrogen) atoms. The fourth-order valence-corrected chi connectivity index (χ4v) is 1.69. The maximum atomic E-state index is 11.3. The van der Waals surface area contributed by atoms with Gasteiger partial charge in [-0.15, -0.1) is 0 Å². The van der Waals surface area contributed by atoms with Crippen molar-refractivity contribution in [1.29, 1.82) is 0 Å². The number of halogens is 1. The Morgan fingerprint density at radius 3 is 2.43 bits per heavy atom. The van der Waals surface area contributed by atoms with E-state index >= 15 is 0 Å². The summed E-state index contributed by atoms with van der Waals surface area (Å²) in [6.45, 7) is 7.81. The van der Waals surface area contributed by atoms with E-state index in [0.717, 1.165) is 22.0 Å². The molecule has 0 unspecified atom stereocenters. The summed E-state index contributed by atoms with van der Waals surface area (Å²) in [5.41, 5.74) is 1.56. The van der Waals surface area contributed by atoms with Crippen molar-refractivity contribution in [1.82, 2.24) is 4.98 Å². The van der Waals surface area contributed by atoms with Crippen molar-refractivity contribution in [3.8, 4) is 0 Å². The Labute approximate surface area is 134 Å². The third-order valence-electron chi connectivity index (χ3n) is 2.25. The number of hydrogen-bond donors (Lipinski definition) is 1. The molecule has 0 bridgehead atoms. The second-order valence-corrected chi connectivity index (χ2v) is 6.22. The van der Waals surface area contributed by atoms with E-state index in [0.29, 0.717) is 6.61 Å². The molecule has 5 nitrogen and oxygen atoms in total. The summed E-state index contributed by atoms with van der Waals surface area (Å²) in [6.07, 6.45) is 4.52. The SMILES string of the molecule is CC(C)(C)C=O.CCOC(=O)Cc1c(Br)cncc1NC. The lowest BCUT2D eigenvalue weighted by molar-refractivity contribution is -0.142. The highest BCUT2D eigenvalue weighted by Crippen LogP contribution is 2.23. The van der Waals surface area contributed by atoms with Gasteiger partial charge in [0.2, 0.25) is 0 Å². The van der Waals surface area contributed by atoms with Crippen LogP contribution in [0.25, 0.3) is 0 Å². The van der Waals surface area contributed by atoms with Gasteiger partial charge in [-0.25, -0.2) is 0 Å². The predicted molar refractivity (Wildman–Crippen MR) is 87.3 cm³/mol. The highest BCUT2D eigenvalue weighted by molar-refractivity contribution is 9.10. The van der Waals surface area contributed by atoms with Crippen molar-refractivity contribution in [2.45, 2.75) is 34.1 Å². The number of aromatic nitrogens is 1. The summed E-state index contributed by atoms with van der Waals surface area (Å²) in [7, 11) is 1.79. The number of pyridine rings is 1. The first-order valence-electron chi connectivity index (χ1n) is 6.67. The number of nitrogens with zero attached hydrogens (tertiary/aromatic N) is 1. The Kier molecular flexibility index (Phi) is 8.85. The van der Waals surface area contributed by atoms with E-state index in [1.165, 1.54) is 0 Å². The molecule has 0 amide bonds. The zero-order valence-electron chi connectivity index (χ0n) is 13.2. The van der Waals surface area contributed by atoms with Crippen LogP contribution in [0.2, 0.25) is 0 Å². The van der Waals surface area contributed by atoms with Gasteiger partial charge in [-0.2, -0.15) is 0 Å². The number of esters is 1. The molecule has 0 saturated heterocycles. The van der Waals surface area contributed by atoms with Crippen molar-refractivity contribution in [2.75, 3.05) is 19.0 Å². The molecule has 1 aromatic rings. The van der Waals surface area contributed by atoms with Crippen LogP contribution < -0.4 is 5.32 Å². The van der Waals surface area contributed by atoms with Crippen molar-refractivity contribution in [3.63, 3.8) is 0 Å². The lowest BCUT2D eigenvalue weighted by atomic mass is 10.0. The van der Waals surface area contributed by atoms with Crippen LogP contribution in [0.5, 0.6) is 0 Å². The van der Waals surface area contributed by atoms with Crippen LogP contribution in [0.15, 0.2) is 16.9 Å². The highest BCUT2D eigenvalue weighted by atomic mass is 79.9. The largest absolute Gasteiger partial charge is 0.466 e. The molecule has 0 aliphatic carbocycles. The number of nitrogens with one attached hydrogen (secondary N) is 1. The Bertz CT molecular complexity index is 470. The van der Waals surface area contributed by atoms with Crippen molar-refractivity contribution >= 4 is 33.9 Å². The van der Waals surface area contributed by atoms with Gasteiger partial charge in [0.25, 0.3) is 0 Å². The molecule has 0 fully saturated rings. The smallest absolute Gasteiger partial charge is 0.310 e. The standard InChI is InChI=1S/C10H13BrN2O2.C5H10O/c1-3-15-10(14)4-7-8(11)5-13-6-9(7)12-2;1-5(2,3)4-6/h5-6,12H,3-4H2,1-2H3;4H,1-3H3. The molecule has 0 aromatic carbocycles. The fourth-order valence-electron chi connectivity index (χ4n) is 1.21. The monoisotopic (exact) mass is 358 g/mol. The molecule has 6 heteroatoms. The number of hydrogen-bond acceptors (Lipinski definition) is 5. The Hall–Kier alpha value is -1.43. The number of ether oxygens (including phenoxy) is 1. The molecule has 0 spiro atoms. The number of carbonyl (C=O) groups excluding carboxylic acids is 2. The Morgan fingerprint density at radius 1 is 1.43 bits per heavy atom. The van der Waals surface area contributed by atoms with Gasteiger partial charge in [0.05, 0.1) is 24.9 Å². The van der Waals surface area contributed by atoms with Crippen molar-refractivity contribution in [3.05, 3.63) is 22.4 Å². The maximum Gasteiger partial charge on any atom is 0.310 e. The first-order chi connectivity index (χ1) is 9.75. The fraction of sp³-hybridized carbons (Fsp3) is 0.533. The number of aldehydes is 1. The Balaban J connectivity index is 0.000000567. The van der Waals surface area contributed by atoms with E-state index in [-0.39, 0.29) is 17.8 Å². The van der Waals surface area contributed by atoms with E-state index in [1.807, 2.05) is 20.8 Å². The van der Waals surface area contributed by atoms with E-state index in [4.69, 9.17) is 4.74 Å². The second kappa shape index (κ2) is 9.50. The molecule has 1 N–H and O–H groups in total. The van der Waals surface area contributed by atoms with E-state index in [1.54, 1.807) is 26.4 Å². The minimum absolute atomic E-state index is 0.139. The average Bonchev–Trinajstić information content (AvgIpc) is 2.41. The first kappa shape index (κ1) is 19.6. The van der Waals surface area contributed by atoms with Crippen LogP contribution in [0.1, 0.15) is 33.3 Å². The molecular weight excluding hydrogens is 336 g/mol. The second-order valence-electron chi connectivity index (χ2n) is 5.36. The van der Waals surface area contributed by atoms with Gasteiger partial charge in [-0.1, -0.05) is 20.8 Å². The summed E-state index contributed by atoms with van der Waals surface area (Å²) >= 11 is 3.36. The van der Waals surface area contributed by atoms with Gasteiger partial charge in [-0.05, 0) is 22.9 Å². The molecular formula is C15H23BrN2O3. The molecule has 0 aliphatic rings. The van der Waals surface area contributed by atoms with E-state index in [9.17, 15) is 9.59 Å². The Morgan fingerprint density at radius 2 is 2.00 bits per heavy atom. The molecule has 118 valence electrons. The topological polar surface area (TPSA) is 68.3 Å². The van der Waals surface area contributed by atoms with Crippen LogP contribution >= 0.6 is 15.9 Å². The summed E-state index contributed by atoms with van der Waals surface area (Å²) in [6, 6.07) is 0. The maximum absolute atomic E-state index is 11.3. The van der Waals surface area contributed by atoms with Gasteiger partial charge in [0.1, 0.15) is 6.29 Å². The molecule has 1 rings (SSSR count). The summed E-state index contributed by atoms with van der Waals surface area (Å²) in [5.74, 6) is -0.235. The van der Waals surface area contributed by atoms with Crippen molar-refractivity contribution in [2.24, 2.45) is 5.41 Å². The van der Waals surface area contributed by atoms with Crippen molar-refractivity contribution < 1.29 is 14.3 Å². The van der Waals surface area contributed by atoms with Gasteiger partial charge in [0.15, 0.2) is 0 Å². The molecule has 0 saturated carbocycles. The van der Waals surface area contributed by atoms with Gasteiger partial charge in [0, 0.05) is 28.7 Å². The summed E-state index contributed by atoms with van der Waals surface area (Å²) < 4.78 is 5.70.